The van der Waals surface area contributed by atoms with Crippen LogP contribution in [0.5, 0.6) is 5.75 Å². The Kier molecular flexibility index (Phi) is 4.52. The maximum atomic E-state index is 9.77. The molecule has 1 aliphatic carbocycles. The van der Waals surface area contributed by atoms with Gasteiger partial charge in [-0.2, -0.15) is 0 Å². The van der Waals surface area contributed by atoms with Crippen molar-refractivity contribution in [2.45, 2.75) is 51.7 Å². The van der Waals surface area contributed by atoms with Gasteiger partial charge in [-0.05, 0) is 50.3 Å². The molecule has 1 aromatic rings. The fraction of sp³-hybridized carbons (Fsp3) is 0.600. The smallest absolute Gasteiger partial charge is 0.125 e. The summed E-state index contributed by atoms with van der Waals surface area (Å²) in [5.74, 6) is 1.50. The first kappa shape index (κ1) is 13.7. The van der Waals surface area contributed by atoms with Crippen molar-refractivity contribution in [1.29, 1.82) is 0 Å². The van der Waals surface area contributed by atoms with Gasteiger partial charge in [-0.1, -0.05) is 24.9 Å². The predicted molar refractivity (Wildman–Crippen MR) is 74.1 cm³/mol. The van der Waals surface area contributed by atoms with Crippen LogP contribution in [0.1, 0.15) is 51.2 Å². The number of rotatable bonds is 3. The van der Waals surface area contributed by atoms with Gasteiger partial charge in [0.15, 0.2) is 0 Å². The summed E-state index contributed by atoms with van der Waals surface area (Å²) in [5.41, 5.74) is 0.778. The normalized spacial score (nSPS) is 25.8. The summed E-state index contributed by atoms with van der Waals surface area (Å²) in [5, 5.41) is 10.4. The maximum absolute atomic E-state index is 9.77. The van der Waals surface area contributed by atoms with Gasteiger partial charge in [0.05, 0.1) is 12.2 Å². The Morgan fingerprint density at radius 2 is 2.17 bits per heavy atom. The lowest BCUT2D eigenvalue weighted by Gasteiger charge is -2.28. The van der Waals surface area contributed by atoms with Crippen LogP contribution >= 0.6 is 11.6 Å². The van der Waals surface area contributed by atoms with E-state index >= 15 is 0 Å². The van der Waals surface area contributed by atoms with Crippen LogP contribution in [0.15, 0.2) is 18.2 Å². The molecule has 1 saturated carbocycles. The average Bonchev–Trinajstić information content (AvgIpc) is 2.31. The molecule has 0 heterocycles. The molecular formula is C15H21ClO2. The number of ether oxygens (including phenoxy) is 1. The lowest BCUT2D eigenvalue weighted by Crippen LogP contribution is -2.24. The van der Waals surface area contributed by atoms with E-state index in [2.05, 4.69) is 6.92 Å². The monoisotopic (exact) mass is 268 g/mol. The molecule has 2 nitrogen and oxygen atoms in total. The Hall–Kier alpha value is -0.730. The van der Waals surface area contributed by atoms with E-state index in [0.717, 1.165) is 30.1 Å². The lowest BCUT2D eigenvalue weighted by molar-refractivity contribution is 0.121. The minimum Gasteiger partial charge on any atom is -0.490 e. The molecule has 1 aromatic carbocycles. The quantitative estimate of drug-likeness (QED) is 0.883. The van der Waals surface area contributed by atoms with Crippen LogP contribution in [0, 0.1) is 5.92 Å². The molecule has 1 N–H and O–H groups in total. The third-order valence-corrected chi connectivity index (χ3v) is 3.84. The summed E-state index contributed by atoms with van der Waals surface area (Å²) < 4.78 is 6.05. The van der Waals surface area contributed by atoms with Crippen LogP contribution < -0.4 is 4.74 Å². The van der Waals surface area contributed by atoms with Gasteiger partial charge in [-0.15, -0.1) is 0 Å². The molecule has 0 radical (unpaired) electrons. The van der Waals surface area contributed by atoms with E-state index in [1.54, 1.807) is 13.0 Å². The summed E-state index contributed by atoms with van der Waals surface area (Å²) in [6, 6.07) is 5.46. The highest BCUT2D eigenvalue weighted by molar-refractivity contribution is 6.30. The highest BCUT2D eigenvalue weighted by atomic mass is 35.5. The van der Waals surface area contributed by atoms with Crippen molar-refractivity contribution >= 4 is 11.6 Å². The summed E-state index contributed by atoms with van der Waals surface area (Å²) in [6.45, 7) is 4.01. The van der Waals surface area contributed by atoms with Gasteiger partial charge in [0.2, 0.25) is 0 Å². The SMILES string of the molecule is CC1CCCC(Oc2ccc(Cl)cc2[C@H](C)O)C1. The maximum Gasteiger partial charge on any atom is 0.125 e. The van der Waals surface area contributed by atoms with Crippen molar-refractivity contribution in [3.8, 4) is 5.75 Å². The zero-order valence-electron chi connectivity index (χ0n) is 11.0. The van der Waals surface area contributed by atoms with Gasteiger partial charge in [-0.3, -0.25) is 0 Å². The third-order valence-electron chi connectivity index (χ3n) is 3.60. The van der Waals surface area contributed by atoms with Crippen LogP contribution in [0.4, 0.5) is 0 Å². The topological polar surface area (TPSA) is 29.5 Å². The van der Waals surface area contributed by atoms with E-state index in [0.29, 0.717) is 5.02 Å². The molecule has 2 rings (SSSR count). The fourth-order valence-corrected chi connectivity index (χ4v) is 2.80. The molecule has 0 spiro atoms. The number of aliphatic hydroxyl groups is 1. The summed E-state index contributed by atoms with van der Waals surface area (Å²) in [4.78, 5) is 0. The molecule has 3 heteroatoms. The van der Waals surface area contributed by atoms with Crippen LogP contribution in [-0.4, -0.2) is 11.2 Å². The molecule has 1 aliphatic rings. The van der Waals surface area contributed by atoms with Crippen molar-refractivity contribution in [1.82, 2.24) is 0 Å². The first-order chi connectivity index (χ1) is 8.56. The second-order valence-electron chi connectivity index (χ2n) is 5.37. The van der Waals surface area contributed by atoms with E-state index in [4.69, 9.17) is 16.3 Å². The minimum absolute atomic E-state index is 0.271. The highest BCUT2D eigenvalue weighted by Crippen LogP contribution is 2.32. The highest BCUT2D eigenvalue weighted by Gasteiger charge is 2.21. The molecule has 0 aromatic heterocycles. The molecule has 2 unspecified atom stereocenters. The van der Waals surface area contributed by atoms with Crippen LogP contribution in [-0.2, 0) is 0 Å². The van der Waals surface area contributed by atoms with Crippen LogP contribution in [0.3, 0.4) is 0 Å². The van der Waals surface area contributed by atoms with E-state index in [9.17, 15) is 5.11 Å². The zero-order valence-corrected chi connectivity index (χ0v) is 11.8. The Bertz CT molecular complexity index is 403. The first-order valence-electron chi connectivity index (χ1n) is 6.70. The van der Waals surface area contributed by atoms with Crippen molar-refractivity contribution < 1.29 is 9.84 Å². The van der Waals surface area contributed by atoms with E-state index < -0.39 is 6.10 Å². The zero-order chi connectivity index (χ0) is 13.1. The molecule has 100 valence electrons. The van der Waals surface area contributed by atoms with Crippen molar-refractivity contribution in [2.75, 3.05) is 0 Å². The molecule has 3 atom stereocenters. The molecule has 0 aliphatic heterocycles. The Morgan fingerprint density at radius 3 is 2.83 bits per heavy atom. The summed E-state index contributed by atoms with van der Waals surface area (Å²) in [6.07, 6.45) is 4.44. The van der Waals surface area contributed by atoms with E-state index in [-0.39, 0.29) is 6.10 Å². The van der Waals surface area contributed by atoms with Gasteiger partial charge < -0.3 is 9.84 Å². The molecule has 1 fully saturated rings. The molecule has 0 bridgehead atoms. The van der Waals surface area contributed by atoms with Gasteiger partial charge in [0.1, 0.15) is 5.75 Å². The molecule has 18 heavy (non-hydrogen) atoms. The van der Waals surface area contributed by atoms with Gasteiger partial charge >= 0.3 is 0 Å². The number of benzene rings is 1. The summed E-state index contributed by atoms with van der Waals surface area (Å²) in [7, 11) is 0. The van der Waals surface area contributed by atoms with Gasteiger partial charge in [0, 0.05) is 10.6 Å². The Morgan fingerprint density at radius 1 is 1.39 bits per heavy atom. The minimum atomic E-state index is -0.556. The van der Waals surface area contributed by atoms with Crippen LogP contribution in [0.2, 0.25) is 5.02 Å². The standard InChI is InChI=1S/C15H21ClO2/c1-10-4-3-5-13(8-10)18-15-7-6-12(16)9-14(15)11(2)17/h6-7,9-11,13,17H,3-5,8H2,1-2H3/t10?,11-,13?/m0/s1. The van der Waals surface area contributed by atoms with Crippen LogP contribution in [0.25, 0.3) is 0 Å². The van der Waals surface area contributed by atoms with Crippen molar-refractivity contribution in [2.24, 2.45) is 5.92 Å². The van der Waals surface area contributed by atoms with Gasteiger partial charge in [-0.25, -0.2) is 0 Å². The fourth-order valence-electron chi connectivity index (χ4n) is 2.62. The lowest BCUT2D eigenvalue weighted by atomic mass is 9.88. The molecular weight excluding hydrogens is 248 g/mol. The Balaban J connectivity index is 2.12. The molecule has 0 amide bonds. The van der Waals surface area contributed by atoms with E-state index in [1.165, 1.54) is 12.8 Å². The predicted octanol–water partition coefficient (Wildman–Crippen LogP) is 4.35. The van der Waals surface area contributed by atoms with Gasteiger partial charge in [0.25, 0.3) is 0 Å². The average molecular weight is 269 g/mol. The number of hydrogen-bond acceptors (Lipinski definition) is 2. The second kappa shape index (κ2) is 5.94. The largest absolute Gasteiger partial charge is 0.490 e. The second-order valence-corrected chi connectivity index (χ2v) is 5.81. The number of hydrogen-bond donors (Lipinski definition) is 1. The number of halogens is 1. The summed E-state index contributed by atoms with van der Waals surface area (Å²) >= 11 is 5.96. The first-order valence-corrected chi connectivity index (χ1v) is 7.08. The number of aliphatic hydroxyl groups excluding tert-OH is 1. The van der Waals surface area contributed by atoms with Crippen molar-refractivity contribution in [3.63, 3.8) is 0 Å². The van der Waals surface area contributed by atoms with Crippen molar-refractivity contribution in [3.05, 3.63) is 28.8 Å². The molecule has 0 saturated heterocycles. The third kappa shape index (κ3) is 3.39. The Labute approximate surface area is 114 Å². The van der Waals surface area contributed by atoms with E-state index in [1.807, 2.05) is 12.1 Å².